The van der Waals surface area contributed by atoms with Gasteiger partial charge in [-0.2, -0.15) is 0 Å². The van der Waals surface area contributed by atoms with Crippen molar-refractivity contribution in [3.8, 4) is 0 Å². The summed E-state index contributed by atoms with van der Waals surface area (Å²) in [6, 6.07) is 0. The fraction of sp³-hybridized carbons (Fsp3) is 0.877. The van der Waals surface area contributed by atoms with Gasteiger partial charge in [0, 0.05) is 25.7 Å². The predicted octanol–water partition coefficient (Wildman–Crippen LogP) is 17.6. The van der Waals surface area contributed by atoms with E-state index in [0.29, 0.717) is 31.6 Å². The molecule has 0 spiro atoms. The Morgan fingerprint density at radius 1 is 0.393 bits per heavy atom. The van der Waals surface area contributed by atoms with Crippen LogP contribution in [-0.2, 0) is 65.4 Å². The Bertz CT molecular complexity index is 1740. The largest absolute Gasteiger partial charge is 0.472 e. The van der Waals surface area contributed by atoms with Crippen molar-refractivity contribution in [2.24, 2.45) is 11.8 Å². The topological polar surface area (TPSA) is 237 Å². The van der Waals surface area contributed by atoms with E-state index < -0.39 is 97.5 Å². The Morgan fingerprint density at radius 2 is 0.702 bits per heavy atom. The van der Waals surface area contributed by atoms with E-state index >= 15 is 0 Å². The number of carbonyl (C=O) groups is 4. The third-order valence-corrected chi connectivity index (χ3v) is 16.6. The van der Waals surface area contributed by atoms with Crippen molar-refractivity contribution in [1.82, 2.24) is 0 Å². The minimum atomic E-state index is -4.95. The van der Waals surface area contributed by atoms with Crippen LogP contribution < -0.4 is 0 Å². The maximum absolute atomic E-state index is 13.0. The maximum atomic E-state index is 13.0. The molecule has 3 N–H and O–H groups in total. The molecule has 0 aliphatic heterocycles. The Kier molecular flexibility index (Phi) is 55.3. The van der Waals surface area contributed by atoms with Gasteiger partial charge in [-0.15, -0.1) is 0 Å². The van der Waals surface area contributed by atoms with E-state index in [1.807, 2.05) is 0 Å². The van der Waals surface area contributed by atoms with Crippen LogP contribution in [0.15, 0.2) is 24.3 Å². The first-order chi connectivity index (χ1) is 40.4. The van der Waals surface area contributed by atoms with Gasteiger partial charge in [-0.25, -0.2) is 9.13 Å². The normalized spacial score (nSPS) is 14.8. The number of carbonyl (C=O) groups excluding carboxylic acids is 4. The van der Waals surface area contributed by atoms with Crippen LogP contribution in [0.1, 0.15) is 298 Å². The summed E-state index contributed by atoms with van der Waals surface area (Å²) in [4.78, 5) is 72.1. The molecule has 0 bridgehead atoms. The number of aliphatic hydroxyl groups is 1. The number of ether oxygens (including phenoxy) is 4. The average Bonchev–Trinajstić information content (AvgIpc) is 3.59. The molecule has 0 rings (SSSR count). The van der Waals surface area contributed by atoms with Crippen LogP contribution in [-0.4, -0.2) is 96.7 Å². The molecule has 84 heavy (non-hydrogen) atoms. The molecular weight excluding hydrogens is 1110 g/mol. The van der Waals surface area contributed by atoms with Crippen molar-refractivity contribution in [1.29, 1.82) is 0 Å². The smallest absolute Gasteiger partial charge is 0.462 e. The zero-order valence-corrected chi connectivity index (χ0v) is 55.5. The van der Waals surface area contributed by atoms with Crippen molar-refractivity contribution >= 4 is 39.5 Å². The minimum Gasteiger partial charge on any atom is -0.462 e. The highest BCUT2D eigenvalue weighted by Crippen LogP contribution is 2.45. The summed E-state index contributed by atoms with van der Waals surface area (Å²) in [6.45, 7) is 9.33. The van der Waals surface area contributed by atoms with Crippen molar-refractivity contribution in [3.05, 3.63) is 24.3 Å². The molecule has 494 valence electrons. The van der Waals surface area contributed by atoms with E-state index in [2.05, 4.69) is 65.8 Å². The van der Waals surface area contributed by atoms with Gasteiger partial charge in [-0.05, 0) is 63.2 Å². The lowest BCUT2D eigenvalue weighted by atomic mass is 9.99. The summed E-state index contributed by atoms with van der Waals surface area (Å²) in [5, 5.41) is 10.5. The lowest BCUT2D eigenvalue weighted by molar-refractivity contribution is -0.161. The summed E-state index contributed by atoms with van der Waals surface area (Å²) in [5.41, 5.74) is 0. The monoisotopic (exact) mass is 1240 g/mol. The minimum absolute atomic E-state index is 0.0841. The zero-order chi connectivity index (χ0) is 62.2. The first-order valence-electron chi connectivity index (χ1n) is 33.3. The number of aliphatic hydroxyl groups excluding tert-OH is 1. The first kappa shape index (κ1) is 81.5. The van der Waals surface area contributed by atoms with Crippen LogP contribution in [0.4, 0.5) is 0 Å². The SMILES string of the molecule is CCCCCC/C=C\C=C/CCCCCCCC(=O)O[C@H](COC(=O)CCCCCCCCCCC(C)CC)COP(=O)(O)OC[C@@H](O)COP(=O)(O)OC[C@@H](COC(=O)CCCCCCCCC)OC(=O)CCCCCCCCCC(C)C. The molecule has 0 saturated heterocycles. The predicted molar refractivity (Wildman–Crippen MR) is 335 cm³/mol. The van der Waals surface area contributed by atoms with Crippen LogP contribution >= 0.6 is 15.6 Å². The Morgan fingerprint density at radius 3 is 1.07 bits per heavy atom. The van der Waals surface area contributed by atoms with Gasteiger partial charge >= 0.3 is 39.5 Å². The first-order valence-corrected chi connectivity index (χ1v) is 36.3. The molecule has 3 unspecified atom stereocenters. The summed E-state index contributed by atoms with van der Waals surface area (Å²) < 4.78 is 67.9. The van der Waals surface area contributed by atoms with E-state index in [1.165, 1.54) is 89.9 Å². The number of unbranched alkanes of at least 4 members (excludes halogenated alkanes) is 28. The molecule has 6 atom stereocenters. The third-order valence-electron chi connectivity index (χ3n) is 14.7. The van der Waals surface area contributed by atoms with E-state index in [-0.39, 0.29) is 25.7 Å². The fourth-order valence-corrected chi connectivity index (χ4v) is 10.7. The van der Waals surface area contributed by atoms with E-state index in [1.54, 1.807) is 0 Å². The highest BCUT2D eigenvalue weighted by molar-refractivity contribution is 7.47. The maximum Gasteiger partial charge on any atom is 0.472 e. The molecule has 0 saturated carbocycles. The standard InChI is InChI=1S/C65H122O17P2/c1-7-10-12-14-16-17-18-19-20-21-22-23-31-37-43-49-64(69)81-61(54-76-63(68)48-42-36-30-25-24-29-34-40-46-58(6)9-3)56-80-84(73,74)78-52-59(66)51-77-83(71,72)79-55-60(53-75-62(67)47-41-35-27-15-13-11-8-2)82-65(70)50-44-38-32-26-28-33-39-45-57(4)5/h17-20,57-61,66H,7-16,21-56H2,1-6H3,(H,71,72)(H,73,74)/b18-17-,20-19-/t58?,59-,60+,61+/m0/s1. The second-order valence-electron chi connectivity index (χ2n) is 23.5. The zero-order valence-electron chi connectivity index (χ0n) is 53.7. The van der Waals surface area contributed by atoms with Crippen molar-refractivity contribution in [2.45, 2.75) is 317 Å². The molecule has 17 nitrogen and oxygen atoms in total. The molecule has 0 radical (unpaired) electrons. The van der Waals surface area contributed by atoms with Crippen molar-refractivity contribution < 1.29 is 80.2 Å². The molecule has 19 heteroatoms. The van der Waals surface area contributed by atoms with Gasteiger partial charge in [0.25, 0.3) is 0 Å². The van der Waals surface area contributed by atoms with Gasteiger partial charge in [0.15, 0.2) is 12.2 Å². The van der Waals surface area contributed by atoms with Crippen LogP contribution in [0.5, 0.6) is 0 Å². The lowest BCUT2D eigenvalue weighted by Crippen LogP contribution is -2.30. The van der Waals surface area contributed by atoms with Crippen LogP contribution in [0, 0.1) is 11.8 Å². The van der Waals surface area contributed by atoms with Crippen LogP contribution in [0.25, 0.3) is 0 Å². The second-order valence-corrected chi connectivity index (χ2v) is 26.4. The average molecular weight is 1240 g/mol. The van der Waals surface area contributed by atoms with E-state index in [0.717, 1.165) is 121 Å². The highest BCUT2D eigenvalue weighted by atomic mass is 31.2. The van der Waals surface area contributed by atoms with Crippen molar-refractivity contribution in [3.63, 3.8) is 0 Å². The van der Waals surface area contributed by atoms with Gasteiger partial charge in [-0.1, -0.05) is 246 Å². The van der Waals surface area contributed by atoms with Gasteiger partial charge in [-0.3, -0.25) is 37.3 Å². The highest BCUT2D eigenvalue weighted by Gasteiger charge is 2.30. The summed E-state index contributed by atoms with van der Waals surface area (Å²) in [7, 11) is -9.90. The number of rotatable bonds is 62. The fourth-order valence-electron chi connectivity index (χ4n) is 9.14. The molecule has 0 heterocycles. The molecule has 0 aromatic carbocycles. The number of esters is 4. The van der Waals surface area contributed by atoms with E-state index in [4.69, 9.17) is 37.0 Å². The number of phosphoric ester groups is 2. The van der Waals surface area contributed by atoms with Crippen molar-refractivity contribution in [2.75, 3.05) is 39.6 Å². The molecular formula is C65H122O17P2. The van der Waals surface area contributed by atoms with Gasteiger partial charge in [0.1, 0.15) is 19.3 Å². The molecule has 0 aliphatic rings. The molecule has 0 fully saturated rings. The number of phosphoric acid groups is 2. The Hall–Kier alpha value is -2.46. The molecule has 0 aromatic heterocycles. The Labute approximate surface area is 510 Å². The molecule has 0 aliphatic carbocycles. The number of hydrogen-bond donors (Lipinski definition) is 3. The van der Waals surface area contributed by atoms with Crippen LogP contribution in [0.3, 0.4) is 0 Å². The molecule has 0 amide bonds. The lowest BCUT2D eigenvalue weighted by Gasteiger charge is -2.21. The number of hydrogen-bond acceptors (Lipinski definition) is 15. The van der Waals surface area contributed by atoms with Gasteiger partial charge in [0.2, 0.25) is 0 Å². The Balaban J connectivity index is 5.26. The summed E-state index contributed by atoms with van der Waals surface area (Å²) >= 11 is 0. The third kappa shape index (κ3) is 57.3. The summed E-state index contributed by atoms with van der Waals surface area (Å²) in [6.07, 6.45) is 42.7. The molecule has 0 aromatic rings. The van der Waals surface area contributed by atoms with Gasteiger partial charge < -0.3 is 33.8 Å². The van der Waals surface area contributed by atoms with Gasteiger partial charge in [0.05, 0.1) is 26.4 Å². The summed E-state index contributed by atoms with van der Waals surface area (Å²) in [5.74, 6) is -0.701. The number of allylic oxidation sites excluding steroid dienone is 4. The van der Waals surface area contributed by atoms with Crippen LogP contribution in [0.2, 0.25) is 0 Å². The second kappa shape index (κ2) is 57.0. The quantitative estimate of drug-likeness (QED) is 0.0169. The van der Waals surface area contributed by atoms with E-state index in [9.17, 15) is 43.2 Å².